The molecule has 0 aliphatic rings. The molecule has 0 fully saturated rings. The van der Waals surface area contributed by atoms with Crippen LogP contribution in [0.25, 0.3) is 0 Å². The van der Waals surface area contributed by atoms with E-state index in [1.165, 1.54) is 0 Å². The SMILES string of the molecule is N[C@@H](CC(=O)O)c1cccc(C(F)(F)F)c1F. The van der Waals surface area contributed by atoms with Gasteiger partial charge in [-0.15, -0.1) is 0 Å². The average Bonchev–Trinajstić information content (AvgIpc) is 2.14. The third-order valence-electron chi connectivity index (χ3n) is 2.13. The van der Waals surface area contributed by atoms with E-state index in [9.17, 15) is 22.4 Å². The fraction of sp³-hybridized carbons (Fsp3) is 0.300. The normalized spacial score (nSPS) is 13.5. The number of aliphatic carboxylic acids is 1. The molecule has 0 spiro atoms. The van der Waals surface area contributed by atoms with Crippen LogP contribution in [0.1, 0.15) is 23.6 Å². The second kappa shape index (κ2) is 4.70. The number of nitrogens with two attached hydrogens (primary N) is 1. The van der Waals surface area contributed by atoms with Crippen molar-refractivity contribution < 1.29 is 27.5 Å². The van der Waals surface area contributed by atoms with Crippen LogP contribution in [0.15, 0.2) is 18.2 Å². The molecule has 7 heteroatoms. The minimum absolute atomic E-state index is 0.456. The Labute approximate surface area is 93.8 Å². The molecule has 0 radical (unpaired) electrons. The number of hydrogen-bond donors (Lipinski definition) is 2. The fourth-order valence-corrected chi connectivity index (χ4v) is 1.35. The van der Waals surface area contributed by atoms with Crippen molar-refractivity contribution in [2.45, 2.75) is 18.6 Å². The molecule has 3 N–H and O–H groups in total. The Kier molecular flexibility index (Phi) is 3.72. The number of benzene rings is 1. The highest BCUT2D eigenvalue weighted by Gasteiger charge is 2.35. The predicted molar refractivity (Wildman–Crippen MR) is 50.6 cm³/mol. The molecule has 17 heavy (non-hydrogen) atoms. The maximum Gasteiger partial charge on any atom is 0.419 e. The summed E-state index contributed by atoms with van der Waals surface area (Å²) < 4.78 is 50.5. The first-order valence-corrected chi connectivity index (χ1v) is 4.56. The number of rotatable bonds is 3. The van der Waals surface area contributed by atoms with Gasteiger partial charge in [-0.05, 0) is 6.07 Å². The largest absolute Gasteiger partial charge is 0.481 e. The van der Waals surface area contributed by atoms with Gasteiger partial charge >= 0.3 is 12.1 Å². The molecule has 3 nitrogen and oxygen atoms in total. The molecule has 1 aromatic rings. The van der Waals surface area contributed by atoms with Crippen LogP contribution in [0, 0.1) is 5.82 Å². The molecule has 0 saturated heterocycles. The highest BCUT2D eigenvalue weighted by atomic mass is 19.4. The summed E-state index contributed by atoms with van der Waals surface area (Å²) in [5.41, 5.74) is 3.42. The van der Waals surface area contributed by atoms with Crippen molar-refractivity contribution in [3.63, 3.8) is 0 Å². The van der Waals surface area contributed by atoms with Gasteiger partial charge in [0.2, 0.25) is 0 Å². The molecule has 0 saturated carbocycles. The Morgan fingerprint density at radius 3 is 2.47 bits per heavy atom. The molecular weight excluding hydrogens is 242 g/mol. The summed E-state index contributed by atoms with van der Waals surface area (Å²) in [5, 5.41) is 8.44. The van der Waals surface area contributed by atoms with Crippen molar-refractivity contribution in [2.75, 3.05) is 0 Å². The van der Waals surface area contributed by atoms with Gasteiger partial charge in [-0.25, -0.2) is 4.39 Å². The van der Waals surface area contributed by atoms with Crippen molar-refractivity contribution >= 4 is 5.97 Å². The molecule has 0 unspecified atom stereocenters. The molecular formula is C10H9F4NO2. The van der Waals surface area contributed by atoms with E-state index in [2.05, 4.69) is 0 Å². The second-order valence-corrected chi connectivity index (χ2v) is 3.41. The van der Waals surface area contributed by atoms with E-state index in [4.69, 9.17) is 10.8 Å². The van der Waals surface area contributed by atoms with Gasteiger partial charge in [0.1, 0.15) is 5.82 Å². The number of halogens is 4. The first-order valence-electron chi connectivity index (χ1n) is 4.56. The van der Waals surface area contributed by atoms with Crippen LogP contribution >= 0.6 is 0 Å². The number of carboxylic acids is 1. The second-order valence-electron chi connectivity index (χ2n) is 3.41. The summed E-state index contributed by atoms with van der Waals surface area (Å²) in [4.78, 5) is 10.4. The van der Waals surface area contributed by atoms with Crippen LogP contribution < -0.4 is 5.73 Å². The van der Waals surface area contributed by atoms with Crippen LogP contribution in [0.4, 0.5) is 17.6 Å². The van der Waals surface area contributed by atoms with Crippen LogP contribution in [0.5, 0.6) is 0 Å². The Morgan fingerprint density at radius 1 is 1.41 bits per heavy atom. The zero-order valence-electron chi connectivity index (χ0n) is 8.46. The summed E-state index contributed by atoms with van der Waals surface area (Å²) in [7, 11) is 0. The quantitative estimate of drug-likeness (QED) is 0.810. The van der Waals surface area contributed by atoms with Gasteiger partial charge in [-0.3, -0.25) is 4.79 Å². The number of carboxylic acid groups (broad SMARTS) is 1. The predicted octanol–water partition coefficient (Wildman–Crippen LogP) is 2.32. The van der Waals surface area contributed by atoms with Crippen LogP contribution in [-0.4, -0.2) is 11.1 Å². The Balaban J connectivity index is 3.15. The number of hydrogen-bond acceptors (Lipinski definition) is 2. The van der Waals surface area contributed by atoms with E-state index in [-0.39, 0.29) is 0 Å². The summed E-state index contributed by atoms with van der Waals surface area (Å²) in [5.74, 6) is -2.83. The smallest absolute Gasteiger partial charge is 0.419 e. The molecule has 0 aliphatic carbocycles. The Hall–Kier alpha value is -1.63. The zero-order valence-corrected chi connectivity index (χ0v) is 8.46. The molecule has 1 rings (SSSR count). The fourth-order valence-electron chi connectivity index (χ4n) is 1.35. The standard InChI is InChI=1S/C10H9F4NO2/c11-9-5(7(15)4-8(16)17)2-1-3-6(9)10(12,13)14/h1-3,7H,4,15H2,(H,16,17)/t7-/m0/s1. The lowest BCUT2D eigenvalue weighted by atomic mass is 10.0. The maximum atomic E-state index is 13.5. The molecule has 0 bridgehead atoms. The third kappa shape index (κ3) is 3.16. The van der Waals surface area contributed by atoms with Gasteiger partial charge in [0.15, 0.2) is 0 Å². The summed E-state index contributed by atoms with van der Waals surface area (Å²) in [6.45, 7) is 0. The first-order chi connectivity index (χ1) is 7.73. The van der Waals surface area contributed by atoms with Crippen molar-refractivity contribution in [3.8, 4) is 0 Å². The number of carbonyl (C=O) groups is 1. The van der Waals surface area contributed by atoms with E-state index in [0.29, 0.717) is 6.07 Å². The molecule has 0 aromatic heterocycles. The number of alkyl halides is 3. The van der Waals surface area contributed by atoms with Gasteiger partial charge < -0.3 is 10.8 Å². The molecule has 94 valence electrons. The topological polar surface area (TPSA) is 63.3 Å². The molecule has 0 heterocycles. The van der Waals surface area contributed by atoms with Crippen LogP contribution in [0.2, 0.25) is 0 Å². The molecule has 0 aliphatic heterocycles. The van der Waals surface area contributed by atoms with Crippen molar-refractivity contribution in [3.05, 3.63) is 35.1 Å². The third-order valence-corrected chi connectivity index (χ3v) is 2.13. The molecule has 1 aromatic carbocycles. The van der Waals surface area contributed by atoms with Crippen LogP contribution in [0.3, 0.4) is 0 Å². The summed E-state index contributed by atoms with van der Waals surface area (Å²) in [6, 6.07) is 1.29. The summed E-state index contributed by atoms with van der Waals surface area (Å²) >= 11 is 0. The van der Waals surface area contributed by atoms with E-state index >= 15 is 0 Å². The molecule has 1 atom stereocenters. The van der Waals surface area contributed by atoms with Crippen molar-refractivity contribution in [1.29, 1.82) is 0 Å². The van der Waals surface area contributed by atoms with Gasteiger partial charge in [-0.2, -0.15) is 13.2 Å². The van der Waals surface area contributed by atoms with E-state index in [0.717, 1.165) is 12.1 Å². The minimum Gasteiger partial charge on any atom is -0.481 e. The van der Waals surface area contributed by atoms with Gasteiger partial charge in [0.25, 0.3) is 0 Å². The van der Waals surface area contributed by atoms with Crippen molar-refractivity contribution in [2.24, 2.45) is 5.73 Å². The average molecular weight is 251 g/mol. The van der Waals surface area contributed by atoms with Gasteiger partial charge in [0, 0.05) is 11.6 Å². The highest BCUT2D eigenvalue weighted by Crippen LogP contribution is 2.33. The lowest BCUT2D eigenvalue weighted by Gasteiger charge is -2.14. The van der Waals surface area contributed by atoms with E-state index < -0.39 is 41.6 Å². The van der Waals surface area contributed by atoms with Crippen LogP contribution in [-0.2, 0) is 11.0 Å². The van der Waals surface area contributed by atoms with E-state index in [1.54, 1.807) is 0 Å². The lowest BCUT2D eigenvalue weighted by Crippen LogP contribution is -2.19. The minimum atomic E-state index is -4.83. The summed E-state index contributed by atoms with van der Waals surface area (Å²) in [6.07, 6.45) is -5.47. The Morgan fingerprint density at radius 2 is 2.00 bits per heavy atom. The zero-order chi connectivity index (χ0) is 13.2. The maximum absolute atomic E-state index is 13.5. The Bertz CT molecular complexity index is 431. The lowest BCUT2D eigenvalue weighted by molar-refractivity contribution is -0.140. The monoisotopic (exact) mass is 251 g/mol. The van der Waals surface area contributed by atoms with E-state index in [1.807, 2.05) is 0 Å². The van der Waals surface area contributed by atoms with Crippen molar-refractivity contribution in [1.82, 2.24) is 0 Å². The van der Waals surface area contributed by atoms with Gasteiger partial charge in [0.05, 0.1) is 12.0 Å². The van der Waals surface area contributed by atoms with Gasteiger partial charge in [-0.1, -0.05) is 12.1 Å². The highest BCUT2D eigenvalue weighted by molar-refractivity contribution is 5.67. The molecule has 0 amide bonds. The first kappa shape index (κ1) is 13.4.